The van der Waals surface area contributed by atoms with Gasteiger partial charge in [0.25, 0.3) is 0 Å². The summed E-state index contributed by atoms with van der Waals surface area (Å²) in [5.74, 6) is -0.186. The molecule has 1 aliphatic heterocycles. The average Bonchev–Trinajstić information content (AvgIpc) is 2.82. The molecular formula is C16H19NO2. The second-order valence-electron chi connectivity index (χ2n) is 5.33. The molecule has 3 heteroatoms. The second kappa shape index (κ2) is 5.57. The molecule has 19 heavy (non-hydrogen) atoms. The van der Waals surface area contributed by atoms with Crippen LogP contribution < -0.4 is 0 Å². The van der Waals surface area contributed by atoms with E-state index in [4.69, 9.17) is 4.84 Å². The summed E-state index contributed by atoms with van der Waals surface area (Å²) < 4.78 is 0. The topological polar surface area (TPSA) is 29.5 Å². The van der Waals surface area contributed by atoms with Crippen molar-refractivity contribution >= 4 is 12.0 Å². The largest absolute Gasteiger partial charge is 0.363 e. The first kappa shape index (κ1) is 12.4. The van der Waals surface area contributed by atoms with Gasteiger partial charge in [0.05, 0.1) is 12.1 Å². The van der Waals surface area contributed by atoms with E-state index >= 15 is 0 Å². The van der Waals surface area contributed by atoms with Gasteiger partial charge >= 0.3 is 5.97 Å². The standard InChI is InChI=1S/C16H19NO2/c18-16-14(11-13-7-3-1-4-8-13)12-17(19-16)15-9-5-2-6-10-15/h1,3-4,7-8,11,15H,2,5-6,9-10,12H2/b14-11+. The molecule has 2 aliphatic rings. The highest BCUT2D eigenvalue weighted by molar-refractivity contribution is 5.95. The second-order valence-corrected chi connectivity index (χ2v) is 5.33. The Hall–Kier alpha value is -1.61. The highest BCUT2D eigenvalue weighted by atomic mass is 16.7. The van der Waals surface area contributed by atoms with Crippen molar-refractivity contribution in [1.82, 2.24) is 5.06 Å². The van der Waals surface area contributed by atoms with Gasteiger partial charge in [-0.05, 0) is 24.5 Å². The zero-order valence-electron chi connectivity index (χ0n) is 11.0. The first-order valence-corrected chi connectivity index (χ1v) is 7.07. The maximum Gasteiger partial charge on any atom is 0.354 e. The fraction of sp³-hybridized carbons (Fsp3) is 0.438. The van der Waals surface area contributed by atoms with Crippen molar-refractivity contribution in [3.05, 3.63) is 41.5 Å². The van der Waals surface area contributed by atoms with Crippen LogP contribution in [-0.4, -0.2) is 23.6 Å². The van der Waals surface area contributed by atoms with Crippen LogP contribution in [-0.2, 0) is 9.63 Å². The summed E-state index contributed by atoms with van der Waals surface area (Å²) in [5, 5.41) is 1.89. The number of hydrogen-bond acceptors (Lipinski definition) is 3. The van der Waals surface area contributed by atoms with Crippen molar-refractivity contribution < 1.29 is 9.63 Å². The van der Waals surface area contributed by atoms with Crippen LogP contribution in [0.15, 0.2) is 35.9 Å². The molecular weight excluding hydrogens is 238 g/mol. The van der Waals surface area contributed by atoms with Crippen molar-refractivity contribution in [2.75, 3.05) is 6.54 Å². The van der Waals surface area contributed by atoms with E-state index in [1.807, 2.05) is 41.5 Å². The third kappa shape index (κ3) is 2.87. The molecule has 3 rings (SSSR count). The number of nitrogens with zero attached hydrogens (tertiary/aromatic N) is 1. The number of hydroxylamine groups is 2. The predicted octanol–water partition coefficient (Wildman–Crippen LogP) is 3.18. The molecule has 0 spiro atoms. The summed E-state index contributed by atoms with van der Waals surface area (Å²) in [6.07, 6.45) is 8.03. The molecule has 2 fully saturated rings. The van der Waals surface area contributed by atoms with Gasteiger partial charge < -0.3 is 4.84 Å². The minimum absolute atomic E-state index is 0.186. The maximum absolute atomic E-state index is 11.9. The van der Waals surface area contributed by atoms with E-state index in [1.165, 1.54) is 19.3 Å². The van der Waals surface area contributed by atoms with Gasteiger partial charge in [0.15, 0.2) is 0 Å². The quantitative estimate of drug-likeness (QED) is 0.762. The molecule has 1 saturated carbocycles. The van der Waals surface area contributed by atoms with Crippen molar-refractivity contribution in [3.63, 3.8) is 0 Å². The molecule has 1 aromatic rings. The van der Waals surface area contributed by atoms with Gasteiger partial charge in [-0.2, -0.15) is 0 Å². The predicted molar refractivity (Wildman–Crippen MR) is 74.1 cm³/mol. The minimum atomic E-state index is -0.186. The normalized spacial score (nSPS) is 23.8. The van der Waals surface area contributed by atoms with Crippen LogP contribution >= 0.6 is 0 Å². The third-order valence-corrected chi connectivity index (χ3v) is 3.91. The molecule has 1 heterocycles. The maximum atomic E-state index is 11.9. The minimum Gasteiger partial charge on any atom is -0.363 e. The first-order chi connectivity index (χ1) is 9.33. The third-order valence-electron chi connectivity index (χ3n) is 3.91. The van der Waals surface area contributed by atoms with Gasteiger partial charge in [-0.1, -0.05) is 49.6 Å². The van der Waals surface area contributed by atoms with Crippen LogP contribution in [0.4, 0.5) is 0 Å². The van der Waals surface area contributed by atoms with Crippen molar-refractivity contribution in [3.8, 4) is 0 Å². The molecule has 0 atom stereocenters. The monoisotopic (exact) mass is 257 g/mol. The van der Waals surface area contributed by atoms with E-state index in [2.05, 4.69) is 0 Å². The smallest absolute Gasteiger partial charge is 0.354 e. The van der Waals surface area contributed by atoms with Crippen LogP contribution in [0.1, 0.15) is 37.7 Å². The zero-order chi connectivity index (χ0) is 13.1. The molecule has 3 nitrogen and oxygen atoms in total. The summed E-state index contributed by atoms with van der Waals surface area (Å²) in [4.78, 5) is 17.3. The average molecular weight is 257 g/mol. The van der Waals surface area contributed by atoms with E-state index in [0.717, 1.165) is 24.0 Å². The van der Waals surface area contributed by atoms with Crippen molar-refractivity contribution in [1.29, 1.82) is 0 Å². The summed E-state index contributed by atoms with van der Waals surface area (Å²) >= 11 is 0. The molecule has 1 saturated heterocycles. The molecule has 0 aromatic heterocycles. The molecule has 0 amide bonds. The fourth-order valence-corrected chi connectivity index (χ4v) is 2.86. The lowest BCUT2D eigenvalue weighted by molar-refractivity contribution is -0.181. The first-order valence-electron chi connectivity index (χ1n) is 7.07. The lowest BCUT2D eigenvalue weighted by Gasteiger charge is -2.27. The van der Waals surface area contributed by atoms with Gasteiger partial charge in [-0.15, -0.1) is 5.06 Å². The highest BCUT2D eigenvalue weighted by Crippen LogP contribution is 2.27. The van der Waals surface area contributed by atoms with Gasteiger partial charge in [0.1, 0.15) is 0 Å². The summed E-state index contributed by atoms with van der Waals surface area (Å²) in [7, 11) is 0. The number of rotatable bonds is 2. The van der Waals surface area contributed by atoms with Gasteiger partial charge in [-0.25, -0.2) is 4.79 Å². The molecule has 1 aromatic carbocycles. The van der Waals surface area contributed by atoms with E-state index in [1.54, 1.807) is 0 Å². The molecule has 0 unspecified atom stereocenters. The Balaban J connectivity index is 1.71. The summed E-state index contributed by atoms with van der Waals surface area (Å²) in [6, 6.07) is 10.4. The Morgan fingerprint density at radius 3 is 2.58 bits per heavy atom. The van der Waals surface area contributed by atoms with Gasteiger partial charge in [0.2, 0.25) is 0 Å². The fourth-order valence-electron chi connectivity index (χ4n) is 2.86. The number of carbonyl (C=O) groups excluding carboxylic acids is 1. The Morgan fingerprint density at radius 2 is 1.84 bits per heavy atom. The van der Waals surface area contributed by atoms with Gasteiger partial charge in [0, 0.05) is 6.04 Å². The van der Waals surface area contributed by atoms with Gasteiger partial charge in [-0.3, -0.25) is 0 Å². The molecule has 1 aliphatic carbocycles. The van der Waals surface area contributed by atoms with Crippen LogP contribution in [0.5, 0.6) is 0 Å². The van der Waals surface area contributed by atoms with E-state index in [0.29, 0.717) is 12.6 Å². The Labute approximate surface area is 113 Å². The van der Waals surface area contributed by atoms with Crippen molar-refractivity contribution in [2.24, 2.45) is 0 Å². The van der Waals surface area contributed by atoms with Crippen molar-refractivity contribution in [2.45, 2.75) is 38.1 Å². The molecule has 100 valence electrons. The van der Waals surface area contributed by atoms with Crippen LogP contribution in [0, 0.1) is 0 Å². The Kier molecular flexibility index (Phi) is 3.65. The summed E-state index contributed by atoms with van der Waals surface area (Å²) in [5.41, 5.74) is 1.82. The molecule has 0 bridgehead atoms. The highest BCUT2D eigenvalue weighted by Gasteiger charge is 2.33. The van der Waals surface area contributed by atoms with Crippen LogP contribution in [0.2, 0.25) is 0 Å². The lowest BCUT2D eigenvalue weighted by atomic mass is 9.95. The SMILES string of the molecule is O=C1ON(C2CCCCC2)C/C1=C\c1ccccc1. The number of carbonyl (C=O) groups is 1. The van der Waals surface area contributed by atoms with E-state index in [9.17, 15) is 4.79 Å². The number of benzene rings is 1. The zero-order valence-corrected chi connectivity index (χ0v) is 11.0. The van der Waals surface area contributed by atoms with Crippen LogP contribution in [0.3, 0.4) is 0 Å². The Bertz CT molecular complexity index is 475. The molecule has 0 N–H and O–H groups in total. The lowest BCUT2D eigenvalue weighted by Crippen LogP contribution is -2.33. The Morgan fingerprint density at radius 1 is 1.11 bits per heavy atom. The summed E-state index contributed by atoms with van der Waals surface area (Å²) in [6.45, 7) is 0.623. The molecule has 0 radical (unpaired) electrons. The van der Waals surface area contributed by atoms with E-state index in [-0.39, 0.29) is 5.97 Å². The number of hydrogen-bond donors (Lipinski definition) is 0. The van der Waals surface area contributed by atoms with E-state index < -0.39 is 0 Å². The van der Waals surface area contributed by atoms with Crippen LogP contribution in [0.25, 0.3) is 6.08 Å².